The second kappa shape index (κ2) is 9.81. The Kier molecular flexibility index (Phi) is 8.05. The third-order valence-corrected chi connectivity index (χ3v) is 9.89. The van der Waals surface area contributed by atoms with E-state index in [1.807, 2.05) is 20.8 Å². The standard InChI is InChI=1S/C26H46BN3O4.ClH/c1-9-21(27-33-20-14-17-13-19(24(17,6)7)25(20,8)34-27)29-22(31)18(12-15(2)3)30-11-10-26(28,16(4)5)23(30)32;/h15-21H,9-14,28H2,1-8H3,(H,29,31);1H/t17?,18-,19?,20?,21?,25?,26?;/m0./s1. The van der Waals surface area contributed by atoms with Crippen molar-refractivity contribution in [2.24, 2.45) is 34.8 Å². The summed E-state index contributed by atoms with van der Waals surface area (Å²) in [5.74, 6) is 0.967. The van der Waals surface area contributed by atoms with Gasteiger partial charge in [-0.15, -0.1) is 12.4 Å². The summed E-state index contributed by atoms with van der Waals surface area (Å²) < 4.78 is 13.1. The summed E-state index contributed by atoms with van der Waals surface area (Å²) >= 11 is 0. The summed E-state index contributed by atoms with van der Waals surface area (Å²) in [6.07, 6.45) is 4.18. The second-order valence-corrected chi connectivity index (χ2v) is 12.9. The molecule has 6 unspecified atom stereocenters. The normalized spacial score (nSPS) is 37.1. The van der Waals surface area contributed by atoms with E-state index in [9.17, 15) is 9.59 Å². The topological polar surface area (TPSA) is 93.9 Å². The van der Waals surface area contributed by atoms with E-state index in [4.69, 9.17) is 15.0 Å². The van der Waals surface area contributed by atoms with Crippen molar-refractivity contribution in [1.82, 2.24) is 10.2 Å². The van der Waals surface area contributed by atoms with Crippen LogP contribution in [-0.2, 0) is 18.9 Å². The number of hydrogen-bond donors (Lipinski definition) is 2. The molecule has 3 N–H and O–H groups in total. The lowest BCUT2D eigenvalue weighted by Crippen LogP contribution is -2.65. The molecular weight excluding hydrogens is 465 g/mol. The Hall–Kier alpha value is -0.825. The quantitative estimate of drug-likeness (QED) is 0.486. The summed E-state index contributed by atoms with van der Waals surface area (Å²) in [5, 5.41) is 3.22. The van der Waals surface area contributed by atoms with Gasteiger partial charge in [0, 0.05) is 6.54 Å². The number of carbonyl (C=O) groups is 2. The summed E-state index contributed by atoms with van der Waals surface area (Å²) in [6, 6.07) is -0.531. The number of likely N-dealkylation sites (tertiary alicyclic amines) is 1. The number of carbonyl (C=O) groups excluding carboxylic acids is 2. The number of hydrogen-bond acceptors (Lipinski definition) is 5. The van der Waals surface area contributed by atoms with Crippen LogP contribution in [0.3, 0.4) is 0 Å². The molecule has 2 saturated heterocycles. The largest absolute Gasteiger partial charge is 0.481 e. The molecule has 2 bridgehead atoms. The van der Waals surface area contributed by atoms with Crippen molar-refractivity contribution >= 4 is 31.3 Å². The highest BCUT2D eigenvalue weighted by Gasteiger charge is 2.68. The predicted molar refractivity (Wildman–Crippen MR) is 141 cm³/mol. The summed E-state index contributed by atoms with van der Waals surface area (Å²) in [4.78, 5) is 28.6. The van der Waals surface area contributed by atoms with Crippen LogP contribution in [-0.4, -0.2) is 59.6 Å². The predicted octanol–water partition coefficient (Wildman–Crippen LogP) is 3.57. The number of nitrogens with two attached hydrogens (primary N) is 1. The maximum absolute atomic E-state index is 13.6. The highest BCUT2D eigenvalue weighted by atomic mass is 35.5. The molecule has 35 heavy (non-hydrogen) atoms. The first-order valence-electron chi connectivity index (χ1n) is 13.5. The van der Waals surface area contributed by atoms with Crippen LogP contribution in [0.1, 0.15) is 87.5 Å². The van der Waals surface area contributed by atoms with E-state index >= 15 is 0 Å². The molecule has 5 aliphatic rings. The molecule has 2 heterocycles. The Morgan fingerprint density at radius 1 is 1.23 bits per heavy atom. The second-order valence-electron chi connectivity index (χ2n) is 12.9. The van der Waals surface area contributed by atoms with Gasteiger partial charge in [0.2, 0.25) is 11.8 Å². The van der Waals surface area contributed by atoms with Crippen LogP contribution in [0.2, 0.25) is 0 Å². The molecule has 0 aromatic heterocycles. The van der Waals surface area contributed by atoms with Crippen LogP contribution in [0.5, 0.6) is 0 Å². The lowest BCUT2D eigenvalue weighted by atomic mass is 9.43. The zero-order valence-corrected chi connectivity index (χ0v) is 23.7. The zero-order chi connectivity index (χ0) is 25.2. The van der Waals surface area contributed by atoms with Gasteiger partial charge in [-0.25, -0.2) is 0 Å². The van der Waals surface area contributed by atoms with E-state index in [1.165, 1.54) is 6.42 Å². The monoisotopic (exact) mass is 511 g/mol. The molecule has 2 amide bonds. The molecule has 200 valence electrons. The SMILES string of the molecule is CCC(NC(=O)[C@H](CC(C)C)N1CCC(N)(C(C)C)C1=O)B1OC2CC3CC(C3(C)C)C2(C)O1.Cl. The van der Waals surface area contributed by atoms with Gasteiger partial charge in [0.1, 0.15) is 6.04 Å². The lowest BCUT2D eigenvalue weighted by molar-refractivity contribution is -0.199. The highest BCUT2D eigenvalue weighted by molar-refractivity contribution is 6.47. The van der Waals surface area contributed by atoms with E-state index in [-0.39, 0.29) is 59.1 Å². The molecule has 3 saturated carbocycles. The summed E-state index contributed by atoms with van der Waals surface area (Å²) in [6.45, 7) is 17.6. The van der Waals surface area contributed by atoms with Gasteiger partial charge in [-0.1, -0.05) is 48.5 Å². The molecule has 3 aliphatic carbocycles. The van der Waals surface area contributed by atoms with Gasteiger partial charge in [0.15, 0.2) is 0 Å². The van der Waals surface area contributed by atoms with Crippen LogP contribution in [0.4, 0.5) is 0 Å². The maximum Gasteiger partial charge on any atom is 0.481 e. The molecule has 7 atom stereocenters. The fourth-order valence-electron chi connectivity index (χ4n) is 7.15. The van der Waals surface area contributed by atoms with Crippen LogP contribution < -0.4 is 11.1 Å². The Morgan fingerprint density at radius 3 is 2.40 bits per heavy atom. The number of halogens is 1. The smallest absolute Gasteiger partial charge is 0.404 e. The maximum atomic E-state index is 13.6. The fraction of sp³-hybridized carbons (Fsp3) is 0.923. The van der Waals surface area contributed by atoms with Crippen LogP contribution in [0.15, 0.2) is 0 Å². The van der Waals surface area contributed by atoms with Crippen molar-refractivity contribution in [2.75, 3.05) is 6.54 Å². The molecule has 2 aliphatic heterocycles. The molecule has 0 spiro atoms. The van der Waals surface area contributed by atoms with Gasteiger partial charge >= 0.3 is 7.12 Å². The fourth-order valence-corrected chi connectivity index (χ4v) is 7.15. The van der Waals surface area contributed by atoms with Crippen LogP contribution in [0, 0.1) is 29.1 Å². The highest BCUT2D eigenvalue weighted by Crippen LogP contribution is 2.65. The Balaban J connectivity index is 0.00000342. The van der Waals surface area contributed by atoms with E-state index in [0.29, 0.717) is 37.6 Å². The molecule has 7 nitrogen and oxygen atoms in total. The average Bonchev–Trinajstić information content (AvgIpc) is 3.26. The lowest BCUT2D eigenvalue weighted by Gasteiger charge is -2.64. The minimum absolute atomic E-state index is 0. The minimum atomic E-state index is -0.894. The molecule has 0 radical (unpaired) electrons. The van der Waals surface area contributed by atoms with Crippen molar-refractivity contribution in [2.45, 2.75) is 117 Å². The average molecular weight is 512 g/mol. The number of nitrogens with zero attached hydrogens (tertiary/aromatic N) is 1. The number of rotatable bonds is 8. The van der Waals surface area contributed by atoms with Gasteiger partial charge in [-0.2, -0.15) is 0 Å². The van der Waals surface area contributed by atoms with E-state index in [2.05, 4.69) is 39.9 Å². The summed E-state index contributed by atoms with van der Waals surface area (Å²) in [5.41, 5.74) is 5.57. The first-order chi connectivity index (χ1) is 15.8. The molecule has 9 heteroatoms. The van der Waals surface area contributed by atoms with Gasteiger partial charge in [0.25, 0.3) is 0 Å². The van der Waals surface area contributed by atoms with Gasteiger partial charge in [-0.3, -0.25) is 9.59 Å². The van der Waals surface area contributed by atoms with Crippen molar-refractivity contribution in [3.8, 4) is 0 Å². The van der Waals surface area contributed by atoms with Crippen LogP contribution >= 0.6 is 12.4 Å². The first kappa shape index (κ1) is 28.7. The third kappa shape index (κ3) is 4.55. The molecule has 0 aromatic carbocycles. The van der Waals surface area contributed by atoms with Crippen molar-refractivity contribution < 1.29 is 18.9 Å². The van der Waals surface area contributed by atoms with E-state index in [1.54, 1.807) is 4.90 Å². The van der Waals surface area contributed by atoms with Gasteiger partial charge in [0.05, 0.1) is 23.2 Å². The zero-order valence-electron chi connectivity index (χ0n) is 22.9. The molecule has 0 aromatic rings. The molecule has 5 rings (SSSR count). The molecule has 5 fully saturated rings. The summed E-state index contributed by atoms with van der Waals surface area (Å²) in [7, 11) is -0.461. The number of amides is 2. The van der Waals surface area contributed by atoms with Gasteiger partial charge < -0.3 is 25.3 Å². The Labute approximate surface area is 218 Å². The van der Waals surface area contributed by atoms with Gasteiger partial charge in [-0.05, 0) is 68.1 Å². The third-order valence-electron chi connectivity index (χ3n) is 9.89. The van der Waals surface area contributed by atoms with E-state index in [0.717, 1.165) is 6.42 Å². The number of nitrogens with one attached hydrogen (secondary N) is 1. The van der Waals surface area contributed by atoms with Crippen molar-refractivity contribution in [1.29, 1.82) is 0 Å². The minimum Gasteiger partial charge on any atom is -0.404 e. The first-order valence-corrected chi connectivity index (χ1v) is 13.5. The Bertz CT molecular complexity index is 826. The van der Waals surface area contributed by atoms with Crippen molar-refractivity contribution in [3.05, 3.63) is 0 Å². The van der Waals surface area contributed by atoms with Crippen LogP contribution in [0.25, 0.3) is 0 Å². The van der Waals surface area contributed by atoms with E-state index < -0.39 is 18.7 Å². The van der Waals surface area contributed by atoms with Crippen molar-refractivity contribution in [3.63, 3.8) is 0 Å². The molecular formula is C26H47BClN3O4. The Morgan fingerprint density at radius 2 is 1.89 bits per heavy atom.